The highest BCUT2D eigenvalue weighted by molar-refractivity contribution is 7.12. The molecule has 0 spiro atoms. The van der Waals surface area contributed by atoms with E-state index in [1.807, 2.05) is 51.7 Å². The summed E-state index contributed by atoms with van der Waals surface area (Å²) in [4.78, 5) is 41.2. The summed E-state index contributed by atoms with van der Waals surface area (Å²) >= 11 is 1.48. The lowest BCUT2D eigenvalue weighted by Gasteiger charge is -2.47. The maximum absolute atomic E-state index is 13.7. The number of amides is 2. The van der Waals surface area contributed by atoms with E-state index in [4.69, 9.17) is 9.72 Å². The fourth-order valence-corrected chi connectivity index (χ4v) is 7.64. The molecule has 1 aromatic carbocycles. The minimum Gasteiger partial charge on any atom is -0.379 e. The maximum Gasteiger partial charge on any atom is 0.268 e. The van der Waals surface area contributed by atoms with Gasteiger partial charge in [0.1, 0.15) is 5.82 Å². The van der Waals surface area contributed by atoms with Crippen LogP contribution in [0, 0.1) is 17.8 Å². The second-order valence-corrected chi connectivity index (χ2v) is 14.5. The van der Waals surface area contributed by atoms with Crippen LogP contribution in [0.3, 0.4) is 0 Å². The van der Waals surface area contributed by atoms with Crippen molar-refractivity contribution in [1.29, 1.82) is 0 Å². The summed E-state index contributed by atoms with van der Waals surface area (Å²) in [5.74, 6) is 2.35. The molecule has 5 heterocycles. The Morgan fingerprint density at radius 2 is 1.70 bits per heavy atom. The van der Waals surface area contributed by atoms with Crippen LogP contribution in [0.15, 0.2) is 60.1 Å². The number of thiophene rings is 1. The highest BCUT2D eigenvalue weighted by atomic mass is 32.1. The Morgan fingerprint density at radius 1 is 0.977 bits per heavy atom. The molecule has 9 heteroatoms. The van der Waals surface area contributed by atoms with Gasteiger partial charge in [-0.15, -0.1) is 11.3 Å². The molecule has 2 atom stereocenters. The Bertz CT molecular complexity index is 1430. The molecule has 226 valence electrons. The second-order valence-electron chi connectivity index (χ2n) is 13.5. The minimum absolute atomic E-state index is 0.0257. The molecular weight excluding hydrogens is 558 g/mol. The third-order valence-corrected chi connectivity index (χ3v) is 10.7. The van der Waals surface area contributed by atoms with E-state index in [1.54, 1.807) is 0 Å². The van der Waals surface area contributed by atoms with Crippen LogP contribution in [0.1, 0.15) is 46.4 Å². The molecule has 3 saturated heterocycles. The molecule has 2 aromatic heterocycles. The van der Waals surface area contributed by atoms with E-state index < -0.39 is 0 Å². The van der Waals surface area contributed by atoms with Crippen molar-refractivity contribution in [3.05, 3.63) is 76.1 Å². The molecule has 4 aliphatic rings. The van der Waals surface area contributed by atoms with E-state index in [0.29, 0.717) is 30.3 Å². The highest BCUT2D eigenvalue weighted by Gasteiger charge is 2.57. The highest BCUT2D eigenvalue weighted by Crippen LogP contribution is 2.52. The minimum atomic E-state index is 0.0257. The quantitative estimate of drug-likeness (QED) is 0.395. The van der Waals surface area contributed by atoms with Crippen LogP contribution in [0.25, 0.3) is 0 Å². The number of hydrogen-bond donors (Lipinski definition) is 0. The standard InChI is InChI=1S/C34H41N5O3S/c1-34(2,3)24-8-6-23(7-9-24)32(40)38-20-27-28(21-38)29(27)22-39(33(41)30-5-4-16-43-30)25-10-11-31(35-17-25)37-18-26(19-37)36-12-14-42-15-13-36/h4-11,16-17,26-29H,12-15,18-22H2,1-3H3. The van der Waals surface area contributed by atoms with Crippen molar-refractivity contribution in [2.75, 3.05) is 68.8 Å². The van der Waals surface area contributed by atoms with Crippen molar-refractivity contribution in [2.24, 2.45) is 17.8 Å². The van der Waals surface area contributed by atoms with E-state index in [1.165, 1.54) is 16.9 Å². The zero-order valence-corrected chi connectivity index (χ0v) is 26.1. The number of aromatic nitrogens is 1. The Labute approximate surface area is 258 Å². The summed E-state index contributed by atoms with van der Waals surface area (Å²) < 4.78 is 5.50. The lowest BCUT2D eigenvalue weighted by atomic mass is 9.86. The van der Waals surface area contributed by atoms with Gasteiger partial charge in [-0.1, -0.05) is 39.0 Å². The van der Waals surface area contributed by atoms with Crippen molar-refractivity contribution in [2.45, 2.75) is 32.2 Å². The van der Waals surface area contributed by atoms with Gasteiger partial charge in [-0.3, -0.25) is 14.5 Å². The normalized spacial score (nSPS) is 24.0. The maximum atomic E-state index is 13.7. The number of likely N-dealkylation sites (tertiary alicyclic amines) is 1. The number of nitrogens with zero attached hydrogens (tertiary/aromatic N) is 5. The molecule has 8 nitrogen and oxygen atoms in total. The van der Waals surface area contributed by atoms with Gasteiger partial charge in [-0.2, -0.15) is 0 Å². The molecule has 43 heavy (non-hydrogen) atoms. The topological polar surface area (TPSA) is 69.2 Å². The zero-order valence-electron chi connectivity index (χ0n) is 25.3. The summed E-state index contributed by atoms with van der Waals surface area (Å²) in [6, 6.07) is 16.6. The van der Waals surface area contributed by atoms with Gasteiger partial charge in [0.15, 0.2) is 0 Å². The molecule has 0 bridgehead atoms. The third kappa shape index (κ3) is 5.70. The molecule has 2 amide bonds. The summed E-state index contributed by atoms with van der Waals surface area (Å²) in [5.41, 5.74) is 2.88. The first-order chi connectivity index (χ1) is 20.8. The molecule has 4 fully saturated rings. The Hall–Kier alpha value is -3.27. The van der Waals surface area contributed by atoms with Gasteiger partial charge in [0, 0.05) is 57.4 Å². The van der Waals surface area contributed by atoms with Crippen molar-refractivity contribution in [3.63, 3.8) is 0 Å². The van der Waals surface area contributed by atoms with E-state index in [9.17, 15) is 9.59 Å². The number of anilines is 2. The molecule has 7 rings (SSSR count). The number of hydrogen-bond acceptors (Lipinski definition) is 7. The lowest BCUT2D eigenvalue weighted by Crippen LogP contribution is -2.61. The number of fused-ring (bicyclic) bond motifs is 1. The van der Waals surface area contributed by atoms with E-state index in [0.717, 1.165) is 74.4 Å². The van der Waals surface area contributed by atoms with Crippen LogP contribution >= 0.6 is 11.3 Å². The van der Waals surface area contributed by atoms with Gasteiger partial charge in [-0.05, 0) is 64.4 Å². The fraction of sp³-hybridized carbons (Fsp3) is 0.500. The number of rotatable bonds is 7. The van der Waals surface area contributed by atoms with Crippen LogP contribution in [0.5, 0.6) is 0 Å². The van der Waals surface area contributed by atoms with Crippen LogP contribution in [0.4, 0.5) is 11.5 Å². The first kappa shape index (κ1) is 28.5. The first-order valence-electron chi connectivity index (χ1n) is 15.5. The largest absolute Gasteiger partial charge is 0.379 e. The molecule has 1 saturated carbocycles. The van der Waals surface area contributed by atoms with Gasteiger partial charge in [-0.25, -0.2) is 4.98 Å². The summed E-state index contributed by atoms with van der Waals surface area (Å²) in [6.45, 7) is 14.3. The van der Waals surface area contributed by atoms with Crippen molar-refractivity contribution < 1.29 is 14.3 Å². The third-order valence-electron chi connectivity index (χ3n) is 9.82. The fourth-order valence-electron chi connectivity index (χ4n) is 6.97. The average Bonchev–Trinajstić information content (AvgIpc) is 3.37. The summed E-state index contributed by atoms with van der Waals surface area (Å²) in [7, 11) is 0. The molecule has 0 N–H and O–H groups in total. The van der Waals surface area contributed by atoms with Crippen LogP contribution in [-0.4, -0.2) is 91.7 Å². The van der Waals surface area contributed by atoms with Crippen LogP contribution < -0.4 is 9.80 Å². The summed E-state index contributed by atoms with van der Waals surface area (Å²) in [5, 5.41) is 1.95. The number of piperidine rings is 1. The first-order valence-corrected chi connectivity index (χ1v) is 16.4. The molecular formula is C34H41N5O3S. The lowest BCUT2D eigenvalue weighted by molar-refractivity contribution is 0.0104. The smallest absolute Gasteiger partial charge is 0.268 e. The van der Waals surface area contributed by atoms with Crippen molar-refractivity contribution in [1.82, 2.24) is 14.8 Å². The van der Waals surface area contributed by atoms with Gasteiger partial charge in [0.05, 0.1) is 30.0 Å². The predicted octanol–water partition coefficient (Wildman–Crippen LogP) is 4.63. The number of pyridine rings is 1. The number of ether oxygens (including phenoxy) is 1. The number of benzene rings is 1. The number of carbonyl (C=O) groups is 2. The Balaban J connectivity index is 0.989. The SMILES string of the molecule is CC(C)(C)c1ccc(C(=O)N2CC3C(C2)C3CN(C(=O)c2cccs2)c2ccc(N3CC(N4CCOCC4)C3)nc2)cc1. The number of carbonyl (C=O) groups excluding carboxylic acids is 2. The van der Waals surface area contributed by atoms with Crippen LogP contribution in [0.2, 0.25) is 0 Å². The van der Waals surface area contributed by atoms with Gasteiger partial charge >= 0.3 is 0 Å². The van der Waals surface area contributed by atoms with Gasteiger partial charge in [0.25, 0.3) is 11.8 Å². The van der Waals surface area contributed by atoms with Gasteiger partial charge < -0.3 is 19.4 Å². The predicted molar refractivity (Wildman–Crippen MR) is 170 cm³/mol. The van der Waals surface area contributed by atoms with E-state index in [-0.39, 0.29) is 17.2 Å². The molecule has 0 radical (unpaired) electrons. The Morgan fingerprint density at radius 3 is 2.30 bits per heavy atom. The van der Waals surface area contributed by atoms with E-state index in [2.05, 4.69) is 48.8 Å². The number of morpholine rings is 1. The monoisotopic (exact) mass is 599 g/mol. The zero-order chi connectivity index (χ0) is 29.7. The van der Waals surface area contributed by atoms with Crippen molar-refractivity contribution >= 4 is 34.7 Å². The average molecular weight is 600 g/mol. The van der Waals surface area contributed by atoms with Crippen LogP contribution in [-0.2, 0) is 10.2 Å². The van der Waals surface area contributed by atoms with Gasteiger partial charge in [0.2, 0.25) is 0 Å². The Kier molecular flexibility index (Phi) is 7.51. The van der Waals surface area contributed by atoms with Crippen molar-refractivity contribution in [3.8, 4) is 0 Å². The molecule has 3 aliphatic heterocycles. The van der Waals surface area contributed by atoms with E-state index >= 15 is 0 Å². The molecule has 1 aliphatic carbocycles. The summed E-state index contributed by atoms with van der Waals surface area (Å²) in [6.07, 6.45) is 1.86. The second kappa shape index (κ2) is 11.3. The molecule has 3 aromatic rings. The molecule has 2 unspecified atom stereocenters.